The molecular weight excluding hydrogens is 362 g/mol. The number of ether oxygens (including phenoxy) is 1. The maximum atomic E-state index is 5.83. The van der Waals surface area contributed by atoms with Crippen LogP contribution in [0.1, 0.15) is 22.8 Å². The zero-order valence-electron chi connectivity index (χ0n) is 17.3. The van der Waals surface area contributed by atoms with Crippen molar-refractivity contribution in [1.82, 2.24) is 14.2 Å². The molecule has 0 aliphatic carbocycles. The van der Waals surface area contributed by atoms with Gasteiger partial charge in [-0.25, -0.2) is 4.52 Å². The molecule has 0 bridgehead atoms. The highest BCUT2D eigenvalue weighted by molar-refractivity contribution is 6.02. The van der Waals surface area contributed by atoms with Gasteiger partial charge in [0.1, 0.15) is 17.3 Å². The first kappa shape index (κ1) is 17.6. The summed E-state index contributed by atoms with van der Waals surface area (Å²) >= 11 is 0. The Kier molecular flexibility index (Phi) is 3.81. The van der Waals surface area contributed by atoms with Crippen molar-refractivity contribution in [2.45, 2.75) is 27.7 Å². The fourth-order valence-electron chi connectivity index (χ4n) is 4.37. The molecule has 0 fully saturated rings. The number of fused-ring (bicyclic) bond motifs is 3. The number of methoxy groups -OCH3 is 1. The van der Waals surface area contributed by atoms with Crippen molar-refractivity contribution in [3.05, 3.63) is 71.5 Å². The standard InChI is InChI=1S/C24H23N3O2/c1-14-6-11-22(29-14)18-12-21-24-17(4)27(19-7-9-20(28-5)10-8-19)16(3)23(24)15(2)25-26(21)13-18/h6-13H,1-5H3. The SMILES string of the molecule is COc1ccc(-n2c(C)c3c(C)nn4cc(-c5ccc(C)o5)cc4c3c2C)cc1. The molecule has 0 saturated carbocycles. The highest BCUT2D eigenvalue weighted by Gasteiger charge is 2.20. The molecule has 0 radical (unpaired) electrons. The zero-order chi connectivity index (χ0) is 20.3. The molecule has 29 heavy (non-hydrogen) atoms. The van der Waals surface area contributed by atoms with Crippen LogP contribution in [-0.4, -0.2) is 21.3 Å². The minimum atomic E-state index is 0.853. The molecule has 0 saturated heterocycles. The van der Waals surface area contributed by atoms with Crippen molar-refractivity contribution in [3.63, 3.8) is 0 Å². The van der Waals surface area contributed by atoms with Crippen LogP contribution >= 0.6 is 0 Å². The third-order valence-electron chi connectivity index (χ3n) is 5.68. The average Bonchev–Trinajstić information content (AvgIpc) is 3.39. The summed E-state index contributed by atoms with van der Waals surface area (Å²) in [7, 11) is 1.69. The van der Waals surface area contributed by atoms with Gasteiger partial charge in [-0.05, 0) is 70.2 Å². The van der Waals surface area contributed by atoms with E-state index in [2.05, 4.69) is 43.5 Å². The van der Waals surface area contributed by atoms with E-state index in [1.807, 2.05) is 41.9 Å². The molecule has 4 heterocycles. The number of aryl methyl sites for hydroxylation is 4. The van der Waals surface area contributed by atoms with Crippen LogP contribution in [0, 0.1) is 27.7 Å². The van der Waals surface area contributed by atoms with Gasteiger partial charge in [0.15, 0.2) is 0 Å². The van der Waals surface area contributed by atoms with Crippen LogP contribution in [0.2, 0.25) is 0 Å². The predicted molar refractivity (Wildman–Crippen MR) is 115 cm³/mol. The first-order chi connectivity index (χ1) is 14.0. The smallest absolute Gasteiger partial charge is 0.135 e. The maximum Gasteiger partial charge on any atom is 0.135 e. The number of hydrogen-bond donors (Lipinski definition) is 0. The topological polar surface area (TPSA) is 44.6 Å². The summed E-state index contributed by atoms with van der Waals surface area (Å²) < 4.78 is 15.4. The van der Waals surface area contributed by atoms with Gasteiger partial charge in [-0.3, -0.25) is 0 Å². The van der Waals surface area contributed by atoms with Gasteiger partial charge in [0, 0.05) is 39.6 Å². The number of benzene rings is 1. The van der Waals surface area contributed by atoms with Gasteiger partial charge in [0.05, 0.1) is 18.3 Å². The van der Waals surface area contributed by atoms with E-state index >= 15 is 0 Å². The molecule has 0 amide bonds. The quantitative estimate of drug-likeness (QED) is 0.395. The minimum Gasteiger partial charge on any atom is -0.497 e. The molecule has 0 aliphatic heterocycles. The zero-order valence-corrected chi connectivity index (χ0v) is 17.3. The summed E-state index contributed by atoms with van der Waals surface area (Å²) in [6, 6.07) is 14.3. The molecule has 146 valence electrons. The summed E-state index contributed by atoms with van der Waals surface area (Å²) in [6.07, 6.45) is 2.04. The Morgan fingerprint density at radius 1 is 0.897 bits per heavy atom. The van der Waals surface area contributed by atoms with Crippen molar-refractivity contribution in [1.29, 1.82) is 0 Å². The molecule has 5 heteroatoms. The van der Waals surface area contributed by atoms with Crippen LogP contribution < -0.4 is 4.74 Å². The van der Waals surface area contributed by atoms with E-state index in [-0.39, 0.29) is 0 Å². The molecule has 5 rings (SSSR count). The summed E-state index contributed by atoms with van der Waals surface area (Å²) in [4.78, 5) is 0. The van der Waals surface area contributed by atoms with Crippen LogP contribution in [0.4, 0.5) is 0 Å². The second-order valence-corrected chi connectivity index (χ2v) is 7.51. The molecule has 0 spiro atoms. The van der Waals surface area contributed by atoms with Crippen molar-refractivity contribution in [3.8, 4) is 22.8 Å². The van der Waals surface area contributed by atoms with Crippen LogP contribution in [0.3, 0.4) is 0 Å². The van der Waals surface area contributed by atoms with Crippen molar-refractivity contribution in [2.24, 2.45) is 0 Å². The van der Waals surface area contributed by atoms with Gasteiger partial charge in [0.25, 0.3) is 0 Å². The highest BCUT2D eigenvalue weighted by atomic mass is 16.5. The molecule has 0 N–H and O–H groups in total. The third-order valence-corrected chi connectivity index (χ3v) is 5.68. The molecule has 0 unspecified atom stereocenters. The van der Waals surface area contributed by atoms with E-state index in [1.165, 1.54) is 22.2 Å². The van der Waals surface area contributed by atoms with Crippen molar-refractivity contribution >= 4 is 16.3 Å². The molecule has 0 aliphatic rings. The maximum absolute atomic E-state index is 5.83. The number of aromatic nitrogens is 3. The first-order valence-corrected chi connectivity index (χ1v) is 9.69. The number of hydrogen-bond acceptors (Lipinski definition) is 3. The first-order valence-electron chi connectivity index (χ1n) is 9.69. The van der Waals surface area contributed by atoms with Gasteiger partial charge in [-0.1, -0.05) is 0 Å². The van der Waals surface area contributed by atoms with E-state index in [0.29, 0.717) is 0 Å². The second kappa shape index (κ2) is 6.27. The highest BCUT2D eigenvalue weighted by Crippen LogP contribution is 2.35. The largest absolute Gasteiger partial charge is 0.497 e. The lowest BCUT2D eigenvalue weighted by molar-refractivity contribution is 0.414. The van der Waals surface area contributed by atoms with Crippen molar-refractivity contribution in [2.75, 3.05) is 7.11 Å². The second-order valence-electron chi connectivity index (χ2n) is 7.51. The molecule has 5 nitrogen and oxygen atoms in total. The normalized spacial score (nSPS) is 11.6. The van der Waals surface area contributed by atoms with Crippen LogP contribution in [0.15, 0.2) is 53.1 Å². The number of furan rings is 1. The predicted octanol–water partition coefficient (Wildman–Crippen LogP) is 5.78. The van der Waals surface area contributed by atoms with Crippen LogP contribution in [0.25, 0.3) is 33.3 Å². The van der Waals surface area contributed by atoms with E-state index in [0.717, 1.165) is 39.7 Å². The van der Waals surface area contributed by atoms with Gasteiger partial charge in [-0.2, -0.15) is 5.10 Å². The molecule has 4 aromatic heterocycles. The molecule has 0 atom stereocenters. The fourth-order valence-corrected chi connectivity index (χ4v) is 4.37. The van der Waals surface area contributed by atoms with Gasteiger partial charge >= 0.3 is 0 Å². The molecule has 5 aromatic rings. The van der Waals surface area contributed by atoms with E-state index in [9.17, 15) is 0 Å². The van der Waals surface area contributed by atoms with E-state index in [1.54, 1.807) is 7.11 Å². The lowest BCUT2D eigenvalue weighted by Gasteiger charge is -2.10. The Bertz CT molecular complexity index is 1370. The number of rotatable bonds is 3. The summed E-state index contributed by atoms with van der Waals surface area (Å²) in [5, 5.41) is 7.26. The van der Waals surface area contributed by atoms with E-state index in [4.69, 9.17) is 14.3 Å². The van der Waals surface area contributed by atoms with Crippen molar-refractivity contribution < 1.29 is 9.15 Å². The monoisotopic (exact) mass is 385 g/mol. The summed E-state index contributed by atoms with van der Waals surface area (Å²) in [5.41, 5.74) is 6.63. The average molecular weight is 385 g/mol. The Hall–Kier alpha value is -3.47. The Morgan fingerprint density at radius 2 is 1.62 bits per heavy atom. The van der Waals surface area contributed by atoms with Gasteiger partial charge < -0.3 is 13.7 Å². The number of nitrogens with zero attached hydrogens (tertiary/aromatic N) is 3. The van der Waals surface area contributed by atoms with Crippen LogP contribution in [-0.2, 0) is 0 Å². The van der Waals surface area contributed by atoms with Crippen LogP contribution in [0.5, 0.6) is 5.75 Å². The minimum absolute atomic E-state index is 0.853. The van der Waals surface area contributed by atoms with Gasteiger partial charge in [0.2, 0.25) is 0 Å². The third kappa shape index (κ3) is 2.58. The lowest BCUT2D eigenvalue weighted by atomic mass is 10.1. The van der Waals surface area contributed by atoms with Gasteiger partial charge in [-0.15, -0.1) is 0 Å². The summed E-state index contributed by atoms with van der Waals surface area (Å²) in [6.45, 7) is 8.36. The Balaban J connectivity index is 1.80. The lowest BCUT2D eigenvalue weighted by Crippen LogP contribution is -1.98. The van der Waals surface area contributed by atoms with E-state index < -0.39 is 0 Å². The Labute approximate surface area is 169 Å². The molecule has 1 aromatic carbocycles. The fraction of sp³-hybridized carbons (Fsp3) is 0.208. The summed E-state index contributed by atoms with van der Waals surface area (Å²) in [5.74, 6) is 2.62. The molecular formula is C24H23N3O2. The Morgan fingerprint density at radius 3 is 2.28 bits per heavy atom.